The molecule has 7 nitrogen and oxygen atoms in total. The Morgan fingerprint density at radius 1 is 1.21 bits per heavy atom. The van der Waals surface area contributed by atoms with Gasteiger partial charge in [0.25, 0.3) is 0 Å². The van der Waals surface area contributed by atoms with Crippen molar-refractivity contribution in [2.45, 2.75) is 58.5 Å². The molecule has 1 fully saturated rings. The first kappa shape index (κ1) is 22.6. The van der Waals surface area contributed by atoms with Gasteiger partial charge in [0, 0.05) is 35.6 Å². The Bertz CT molecular complexity index is 1290. The van der Waals surface area contributed by atoms with E-state index in [1.165, 1.54) is 6.26 Å². The Labute approximate surface area is 197 Å². The summed E-state index contributed by atoms with van der Waals surface area (Å²) in [6, 6.07) is 6.97. The van der Waals surface area contributed by atoms with Crippen molar-refractivity contribution in [3.63, 3.8) is 0 Å². The van der Waals surface area contributed by atoms with Crippen LogP contribution in [0.3, 0.4) is 0 Å². The topological polar surface area (TPSA) is 94.8 Å². The molecule has 2 aliphatic heterocycles. The lowest BCUT2D eigenvalue weighted by atomic mass is 9.68. The summed E-state index contributed by atoms with van der Waals surface area (Å²) in [5.41, 5.74) is 2.31. The molecule has 0 spiro atoms. The lowest BCUT2D eigenvalue weighted by Gasteiger charge is -2.39. The minimum absolute atomic E-state index is 0.0757. The SMILES string of the molecule is CC1=C(C(=O)OC[C@@H]2CCCO2)[C@H](c2coc3ccccc3c2=O)C2=C(CC(C)(C)CC2=O)N1. The maximum Gasteiger partial charge on any atom is 0.336 e. The highest BCUT2D eigenvalue weighted by molar-refractivity contribution is 6.04. The maximum atomic E-state index is 13.6. The van der Waals surface area contributed by atoms with Gasteiger partial charge in [-0.1, -0.05) is 26.0 Å². The fourth-order valence-corrected chi connectivity index (χ4v) is 5.33. The molecular formula is C27H29NO6. The van der Waals surface area contributed by atoms with Crippen molar-refractivity contribution in [1.29, 1.82) is 0 Å². The second-order valence-corrected chi connectivity index (χ2v) is 10.2. The molecule has 2 atom stereocenters. The Kier molecular flexibility index (Phi) is 5.68. The second kappa shape index (κ2) is 8.55. The first-order valence-electron chi connectivity index (χ1n) is 11.8. The van der Waals surface area contributed by atoms with E-state index in [0.717, 1.165) is 18.5 Å². The highest BCUT2D eigenvalue weighted by Gasteiger charge is 2.44. The number of Topliss-reactive ketones (excluding diaryl/α,β-unsaturated/α-hetero) is 1. The van der Waals surface area contributed by atoms with E-state index in [4.69, 9.17) is 13.9 Å². The average molecular weight is 464 g/mol. The Morgan fingerprint density at radius 2 is 2.00 bits per heavy atom. The van der Waals surface area contributed by atoms with E-state index in [1.54, 1.807) is 31.2 Å². The van der Waals surface area contributed by atoms with Gasteiger partial charge in [-0.3, -0.25) is 9.59 Å². The summed E-state index contributed by atoms with van der Waals surface area (Å²) < 4.78 is 17.0. The second-order valence-electron chi connectivity index (χ2n) is 10.2. The summed E-state index contributed by atoms with van der Waals surface area (Å²) in [4.78, 5) is 40.4. The summed E-state index contributed by atoms with van der Waals surface area (Å²) in [5.74, 6) is -1.48. The highest BCUT2D eigenvalue weighted by Crippen LogP contribution is 2.46. The minimum Gasteiger partial charge on any atom is -0.464 e. The number of fused-ring (bicyclic) bond motifs is 1. The third kappa shape index (κ3) is 3.98. The number of nitrogens with one attached hydrogen (secondary N) is 1. The molecule has 178 valence electrons. The van der Waals surface area contributed by atoms with E-state index in [0.29, 0.717) is 41.7 Å². The highest BCUT2D eigenvalue weighted by atomic mass is 16.6. The normalized spacial score (nSPS) is 24.3. The monoisotopic (exact) mass is 463 g/mol. The van der Waals surface area contributed by atoms with E-state index in [1.807, 2.05) is 13.8 Å². The van der Waals surface area contributed by atoms with Crippen LogP contribution < -0.4 is 10.7 Å². The first-order valence-corrected chi connectivity index (χ1v) is 11.8. The number of ether oxygens (including phenoxy) is 2. The van der Waals surface area contributed by atoms with E-state index in [2.05, 4.69) is 5.32 Å². The quantitative estimate of drug-likeness (QED) is 0.682. The Morgan fingerprint density at radius 3 is 2.76 bits per heavy atom. The van der Waals surface area contributed by atoms with Crippen molar-refractivity contribution < 1.29 is 23.5 Å². The zero-order valence-electron chi connectivity index (χ0n) is 19.7. The smallest absolute Gasteiger partial charge is 0.336 e. The molecule has 1 aromatic carbocycles. The van der Waals surface area contributed by atoms with Crippen LogP contribution in [0.1, 0.15) is 57.9 Å². The molecule has 1 aromatic heterocycles. The number of esters is 1. The van der Waals surface area contributed by atoms with Crippen molar-refractivity contribution >= 4 is 22.7 Å². The third-order valence-electron chi connectivity index (χ3n) is 6.90. The van der Waals surface area contributed by atoms with Crippen LogP contribution in [-0.2, 0) is 19.1 Å². The summed E-state index contributed by atoms with van der Waals surface area (Å²) in [6.45, 7) is 6.67. The van der Waals surface area contributed by atoms with Gasteiger partial charge in [-0.15, -0.1) is 0 Å². The van der Waals surface area contributed by atoms with Gasteiger partial charge in [-0.2, -0.15) is 0 Å². The zero-order valence-corrected chi connectivity index (χ0v) is 19.7. The molecule has 2 aromatic rings. The van der Waals surface area contributed by atoms with E-state index >= 15 is 0 Å². The fraction of sp³-hybridized carbons (Fsp3) is 0.444. The molecule has 0 bridgehead atoms. The van der Waals surface area contributed by atoms with Gasteiger partial charge >= 0.3 is 5.97 Å². The number of carbonyl (C=O) groups is 2. The molecule has 7 heteroatoms. The molecule has 0 saturated carbocycles. The standard InChI is InChI=1S/C27H29NO6/c1-15-22(26(31)34-13-16-7-6-10-32-16)23(24-19(28-15)11-27(2,3)12-20(24)29)18-14-33-21-9-5-4-8-17(21)25(18)30/h4-5,8-9,14,16,23,28H,6-7,10-13H2,1-3H3/t16-,23-/m0/s1. The van der Waals surface area contributed by atoms with E-state index in [-0.39, 0.29) is 40.5 Å². The van der Waals surface area contributed by atoms with Crippen LogP contribution in [0.25, 0.3) is 11.0 Å². The van der Waals surface area contributed by atoms with E-state index in [9.17, 15) is 14.4 Å². The van der Waals surface area contributed by atoms with Crippen molar-refractivity contribution in [2.75, 3.05) is 13.2 Å². The molecule has 0 unspecified atom stereocenters. The Balaban J connectivity index is 1.62. The number of dihydropyridines is 1. The van der Waals surface area contributed by atoms with Crippen LogP contribution in [0.15, 0.2) is 62.3 Å². The van der Waals surface area contributed by atoms with E-state index < -0.39 is 11.9 Å². The average Bonchev–Trinajstić information content (AvgIpc) is 3.30. The number of hydrogen-bond acceptors (Lipinski definition) is 7. The van der Waals surface area contributed by atoms with Crippen LogP contribution in [0, 0.1) is 5.41 Å². The summed E-state index contributed by atoms with van der Waals surface area (Å²) in [6.07, 6.45) is 4.01. The number of carbonyl (C=O) groups excluding carboxylic acids is 2. The molecule has 0 radical (unpaired) electrons. The fourth-order valence-electron chi connectivity index (χ4n) is 5.33. The summed E-state index contributed by atoms with van der Waals surface area (Å²) in [5, 5.41) is 3.70. The predicted molar refractivity (Wildman–Crippen MR) is 126 cm³/mol. The summed E-state index contributed by atoms with van der Waals surface area (Å²) in [7, 11) is 0. The molecule has 34 heavy (non-hydrogen) atoms. The van der Waals surface area contributed by atoms with Crippen LogP contribution in [0.5, 0.6) is 0 Å². The number of allylic oxidation sites excluding steroid dienone is 3. The zero-order chi connectivity index (χ0) is 24.0. The molecule has 1 aliphatic carbocycles. The number of para-hydroxylation sites is 1. The maximum absolute atomic E-state index is 13.6. The predicted octanol–water partition coefficient (Wildman–Crippen LogP) is 4.12. The molecule has 0 amide bonds. The van der Waals surface area contributed by atoms with Gasteiger partial charge in [0.1, 0.15) is 12.2 Å². The molecule has 1 saturated heterocycles. The number of hydrogen-bond donors (Lipinski definition) is 1. The number of ketones is 1. The molecule has 3 aliphatic rings. The van der Waals surface area contributed by atoms with Crippen molar-refractivity contribution in [1.82, 2.24) is 5.32 Å². The molecule has 1 N–H and O–H groups in total. The molecular weight excluding hydrogens is 434 g/mol. The van der Waals surface area contributed by atoms with Gasteiger partial charge in [0.2, 0.25) is 0 Å². The van der Waals surface area contributed by atoms with Crippen LogP contribution >= 0.6 is 0 Å². The van der Waals surface area contributed by atoms with Crippen LogP contribution in [0.2, 0.25) is 0 Å². The number of benzene rings is 1. The number of rotatable bonds is 4. The van der Waals surface area contributed by atoms with Crippen LogP contribution in [-0.4, -0.2) is 31.1 Å². The van der Waals surface area contributed by atoms with Gasteiger partial charge in [-0.25, -0.2) is 4.79 Å². The van der Waals surface area contributed by atoms with Crippen LogP contribution in [0.4, 0.5) is 0 Å². The van der Waals surface area contributed by atoms with Gasteiger partial charge < -0.3 is 19.2 Å². The van der Waals surface area contributed by atoms with Crippen molar-refractivity contribution in [3.8, 4) is 0 Å². The third-order valence-corrected chi connectivity index (χ3v) is 6.90. The Hall–Kier alpha value is -3.19. The molecule has 5 rings (SSSR count). The lowest BCUT2D eigenvalue weighted by Crippen LogP contribution is -2.40. The minimum atomic E-state index is -0.849. The van der Waals surface area contributed by atoms with Crippen molar-refractivity contribution in [2.24, 2.45) is 5.41 Å². The van der Waals surface area contributed by atoms with Gasteiger partial charge in [0.15, 0.2) is 11.2 Å². The largest absolute Gasteiger partial charge is 0.464 e. The van der Waals surface area contributed by atoms with Gasteiger partial charge in [0.05, 0.1) is 29.2 Å². The van der Waals surface area contributed by atoms with Gasteiger partial charge in [-0.05, 0) is 43.7 Å². The summed E-state index contributed by atoms with van der Waals surface area (Å²) >= 11 is 0. The molecule has 3 heterocycles. The lowest BCUT2D eigenvalue weighted by molar-refractivity contribution is -0.142. The van der Waals surface area contributed by atoms with Crippen molar-refractivity contribution in [3.05, 3.63) is 68.9 Å². The first-order chi connectivity index (χ1) is 16.2.